The minimum absolute atomic E-state index is 0.213. The quantitative estimate of drug-likeness (QED) is 0.575. The molecule has 0 fully saturated rings. The van der Waals surface area contributed by atoms with Gasteiger partial charge in [0.15, 0.2) is 0 Å². The van der Waals surface area contributed by atoms with Gasteiger partial charge in [0.05, 0.1) is 6.10 Å². The summed E-state index contributed by atoms with van der Waals surface area (Å²) in [4.78, 5) is 0. The SMILES string of the molecule is C=CC(C)C(O)C(C)C. The van der Waals surface area contributed by atoms with Crippen molar-refractivity contribution < 1.29 is 5.11 Å². The lowest BCUT2D eigenvalue weighted by atomic mass is 9.95. The molecule has 1 heteroatoms. The zero-order valence-corrected chi connectivity index (χ0v) is 6.46. The molecule has 0 radical (unpaired) electrons. The second kappa shape index (κ2) is 3.67. The Balaban J connectivity index is 3.71. The molecule has 0 amide bonds. The lowest BCUT2D eigenvalue weighted by molar-refractivity contribution is 0.0913. The Kier molecular flexibility index (Phi) is 3.55. The fourth-order valence-electron chi connectivity index (χ4n) is 0.747. The van der Waals surface area contributed by atoms with Gasteiger partial charge in [-0.25, -0.2) is 0 Å². The molecule has 1 nitrogen and oxygen atoms in total. The van der Waals surface area contributed by atoms with Crippen molar-refractivity contribution in [2.45, 2.75) is 26.9 Å². The summed E-state index contributed by atoms with van der Waals surface area (Å²) < 4.78 is 0. The molecule has 0 spiro atoms. The third-order valence-electron chi connectivity index (χ3n) is 1.59. The van der Waals surface area contributed by atoms with Crippen LogP contribution in [0.25, 0.3) is 0 Å². The van der Waals surface area contributed by atoms with Gasteiger partial charge in [-0.3, -0.25) is 0 Å². The molecular formula is C8H16O. The van der Waals surface area contributed by atoms with Crippen molar-refractivity contribution in [2.24, 2.45) is 11.8 Å². The average molecular weight is 128 g/mol. The van der Waals surface area contributed by atoms with Crippen LogP contribution in [0.2, 0.25) is 0 Å². The van der Waals surface area contributed by atoms with Crippen molar-refractivity contribution in [2.75, 3.05) is 0 Å². The predicted molar refractivity (Wildman–Crippen MR) is 40.2 cm³/mol. The number of hydrogen-bond donors (Lipinski definition) is 1. The normalized spacial score (nSPS) is 17.4. The van der Waals surface area contributed by atoms with E-state index in [0.717, 1.165) is 0 Å². The van der Waals surface area contributed by atoms with Crippen LogP contribution < -0.4 is 0 Å². The second-order valence-corrected chi connectivity index (χ2v) is 2.83. The monoisotopic (exact) mass is 128 g/mol. The topological polar surface area (TPSA) is 20.2 Å². The molecule has 0 saturated heterocycles. The summed E-state index contributed by atoms with van der Waals surface area (Å²) >= 11 is 0. The molecule has 0 saturated carbocycles. The average Bonchev–Trinajstić information content (AvgIpc) is 1.84. The number of aliphatic hydroxyl groups excluding tert-OH is 1. The van der Waals surface area contributed by atoms with E-state index in [4.69, 9.17) is 0 Å². The zero-order chi connectivity index (χ0) is 7.44. The summed E-state index contributed by atoms with van der Waals surface area (Å²) in [7, 11) is 0. The largest absolute Gasteiger partial charge is 0.392 e. The molecule has 1 N–H and O–H groups in total. The minimum Gasteiger partial charge on any atom is -0.392 e. The van der Waals surface area contributed by atoms with Crippen molar-refractivity contribution in [1.29, 1.82) is 0 Å². The third kappa shape index (κ3) is 2.66. The standard InChI is InChI=1S/C8H16O/c1-5-7(4)8(9)6(2)3/h5-9H,1H2,2-4H3. The summed E-state index contributed by atoms with van der Waals surface area (Å²) in [6.07, 6.45) is 1.55. The molecule has 0 heterocycles. The molecule has 0 rings (SSSR count). The van der Waals surface area contributed by atoms with E-state index in [-0.39, 0.29) is 12.0 Å². The molecule has 54 valence electrons. The second-order valence-electron chi connectivity index (χ2n) is 2.83. The Morgan fingerprint density at radius 1 is 1.33 bits per heavy atom. The molecule has 0 aromatic heterocycles. The fraction of sp³-hybridized carbons (Fsp3) is 0.750. The van der Waals surface area contributed by atoms with Gasteiger partial charge in [-0.15, -0.1) is 6.58 Å². The van der Waals surface area contributed by atoms with Crippen molar-refractivity contribution in [1.82, 2.24) is 0 Å². The molecule has 0 aliphatic heterocycles. The van der Waals surface area contributed by atoms with Gasteiger partial charge in [-0.05, 0) is 11.8 Å². The Morgan fingerprint density at radius 3 is 1.89 bits per heavy atom. The first-order valence-corrected chi connectivity index (χ1v) is 3.40. The molecule has 0 bridgehead atoms. The maximum Gasteiger partial charge on any atom is 0.0622 e. The van der Waals surface area contributed by atoms with Crippen LogP contribution in [0.15, 0.2) is 12.7 Å². The first-order valence-electron chi connectivity index (χ1n) is 3.40. The van der Waals surface area contributed by atoms with Crippen LogP contribution in [0, 0.1) is 11.8 Å². The van der Waals surface area contributed by atoms with Crippen LogP contribution in [-0.4, -0.2) is 11.2 Å². The Bertz CT molecular complexity index is 86.6. The zero-order valence-electron chi connectivity index (χ0n) is 6.46. The fourth-order valence-corrected chi connectivity index (χ4v) is 0.747. The van der Waals surface area contributed by atoms with E-state index in [9.17, 15) is 5.11 Å². The van der Waals surface area contributed by atoms with Crippen molar-refractivity contribution in [3.8, 4) is 0 Å². The van der Waals surface area contributed by atoms with E-state index in [1.54, 1.807) is 6.08 Å². The van der Waals surface area contributed by atoms with E-state index in [0.29, 0.717) is 5.92 Å². The van der Waals surface area contributed by atoms with Gasteiger partial charge in [0, 0.05) is 0 Å². The first kappa shape index (κ1) is 8.70. The first-order chi connectivity index (χ1) is 4.09. The molecule has 0 aliphatic carbocycles. The van der Waals surface area contributed by atoms with Crippen LogP contribution in [0.5, 0.6) is 0 Å². The van der Waals surface area contributed by atoms with Gasteiger partial charge < -0.3 is 5.11 Å². The van der Waals surface area contributed by atoms with Gasteiger partial charge in [0.25, 0.3) is 0 Å². The van der Waals surface area contributed by atoms with Crippen LogP contribution >= 0.6 is 0 Å². The lowest BCUT2D eigenvalue weighted by Crippen LogP contribution is -2.21. The summed E-state index contributed by atoms with van der Waals surface area (Å²) in [5, 5.41) is 9.32. The molecule has 0 aliphatic rings. The van der Waals surface area contributed by atoms with Crippen molar-refractivity contribution in [3.05, 3.63) is 12.7 Å². The Labute approximate surface area is 57.4 Å². The highest BCUT2D eigenvalue weighted by Crippen LogP contribution is 2.12. The van der Waals surface area contributed by atoms with Crippen LogP contribution in [0.1, 0.15) is 20.8 Å². The number of rotatable bonds is 3. The minimum atomic E-state index is -0.234. The highest BCUT2D eigenvalue weighted by atomic mass is 16.3. The smallest absolute Gasteiger partial charge is 0.0622 e. The molecular weight excluding hydrogens is 112 g/mol. The maximum absolute atomic E-state index is 9.32. The van der Waals surface area contributed by atoms with Gasteiger partial charge in [-0.2, -0.15) is 0 Å². The van der Waals surface area contributed by atoms with E-state index in [1.807, 2.05) is 20.8 Å². The van der Waals surface area contributed by atoms with Crippen LogP contribution in [-0.2, 0) is 0 Å². The van der Waals surface area contributed by atoms with Crippen LogP contribution in [0.4, 0.5) is 0 Å². The van der Waals surface area contributed by atoms with Gasteiger partial charge in [0.1, 0.15) is 0 Å². The summed E-state index contributed by atoms with van der Waals surface area (Å²) in [6.45, 7) is 9.58. The lowest BCUT2D eigenvalue weighted by Gasteiger charge is -2.18. The third-order valence-corrected chi connectivity index (χ3v) is 1.59. The Morgan fingerprint density at radius 2 is 1.78 bits per heavy atom. The molecule has 0 aromatic carbocycles. The highest BCUT2D eigenvalue weighted by Gasteiger charge is 2.13. The van der Waals surface area contributed by atoms with E-state index < -0.39 is 0 Å². The van der Waals surface area contributed by atoms with Gasteiger partial charge in [0.2, 0.25) is 0 Å². The predicted octanol–water partition coefficient (Wildman–Crippen LogP) is 1.83. The van der Waals surface area contributed by atoms with Crippen molar-refractivity contribution in [3.63, 3.8) is 0 Å². The summed E-state index contributed by atoms with van der Waals surface area (Å²) in [5.74, 6) is 0.544. The molecule has 2 unspecified atom stereocenters. The number of aliphatic hydroxyl groups is 1. The molecule has 2 atom stereocenters. The van der Waals surface area contributed by atoms with Gasteiger partial charge in [-0.1, -0.05) is 26.8 Å². The van der Waals surface area contributed by atoms with Crippen molar-refractivity contribution >= 4 is 0 Å². The van der Waals surface area contributed by atoms with E-state index >= 15 is 0 Å². The van der Waals surface area contributed by atoms with Gasteiger partial charge >= 0.3 is 0 Å². The van der Waals surface area contributed by atoms with Crippen LogP contribution in [0.3, 0.4) is 0 Å². The van der Waals surface area contributed by atoms with E-state index in [2.05, 4.69) is 6.58 Å². The maximum atomic E-state index is 9.32. The molecule has 0 aromatic rings. The Hall–Kier alpha value is -0.300. The highest BCUT2D eigenvalue weighted by molar-refractivity contribution is 4.82. The summed E-state index contributed by atoms with van der Waals surface area (Å²) in [6, 6.07) is 0. The number of hydrogen-bond acceptors (Lipinski definition) is 1. The molecule has 9 heavy (non-hydrogen) atoms. The van der Waals surface area contributed by atoms with E-state index in [1.165, 1.54) is 0 Å². The summed E-state index contributed by atoms with van der Waals surface area (Å²) in [5.41, 5.74) is 0.